The van der Waals surface area contributed by atoms with Crippen molar-refractivity contribution in [3.05, 3.63) is 51.4 Å². The molecule has 2 amide bonds. The van der Waals surface area contributed by atoms with E-state index in [9.17, 15) is 4.79 Å². The summed E-state index contributed by atoms with van der Waals surface area (Å²) in [7, 11) is -0.158. The number of anilines is 2. The highest BCUT2D eigenvalue weighted by molar-refractivity contribution is 9.34. The lowest BCUT2D eigenvalue weighted by molar-refractivity contribution is 0.0425. The first-order valence-corrected chi connectivity index (χ1v) is 14.9. The fourth-order valence-electron chi connectivity index (χ4n) is 5.58. The van der Waals surface area contributed by atoms with Gasteiger partial charge >= 0.3 is 6.03 Å². The van der Waals surface area contributed by atoms with Crippen LogP contribution in [0, 0.1) is 0 Å². The third kappa shape index (κ3) is 3.49. The number of hydrogen-bond donors (Lipinski definition) is 0. The summed E-state index contributed by atoms with van der Waals surface area (Å²) >= 11 is 10.8. The molecule has 0 saturated carbocycles. The van der Waals surface area contributed by atoms with Crippen molar-refractivity contribution in [2.24, 2.45) is 0 Å². The van der Waals surface area contributed by atoms with Crippen LogP contribution >= 0.6 is 35.3 Å². The van der Waals surface area contributed by atoms with E-state index in [1.165, 1.54) is 26.6 Å². The highest BCUT2D eigenvalue weighted by Gasteiger charge is 2.48. The zero-order valence-corrected chi connectivity index (χ0v) is 21.8. The molecule has 6 nitrogen and oxygen atoms in total. The van der Waals surface area contributed by atoms with E-state index in [-0.39, 0.29) is 21.1 Å². The average Bonchev–Trinajstić information content (AvgIpc) is 3.45. The van der Waals surface area contributed by atoms with Gasteiger partial charge in [0.2, 0.25) is 0 Å². The standard InChI is InChI=1S/C24H27BrClN4O2S/c1-16-6-7-17-18-14-28(20-5-3-2-4-19(20)26)15-21-29(23(18)33(25)22(16)17)8-9-30(21)24(31)27-10-12-32-13-11-27/h2-6,21H,7-15H2,1H3/q+1. The number of rotatable bonds is 1. The SMILES string of the molecule is CC1=CCc2c3c([s+](Br)c21)N1CCN(C(=O)N2CCOCC2)C1CN(c1ccccc1Cl)C3. The molecule has 2 unspecified atom stereocenters. The highest BCUT2D eigenvalue weighted by Crippen LogP contribution is 2.56. The molecule has 3 aliphatic heterocycles. The number of thiophene rings is 1. The average molecular weight is 551 g/mol. The molecule has 4 aliphatic rings. The molecule has 2 atom stereocenters. The first-order chi connectivity index (χ1) is 16.0. The van der Waals surface area contributed by atoms with Gasteiger partial charge < -0.3 is 24.3 Å². The Morgan fingerprint density at radius 3 is 2.73 bits per heavy atom. The summed E-state index contributed by atoms with van der Waals surface area (Å²) < 4.78 is 5.48. The summed E-state index contributed by atoms with van der Waals surface area (Å²) in [6.45, 7) is 7.89. The number of para-hydroxylation sites is 1. The number of halogens is 2. The van der Waals surface area contributed by atoms with Gasteiger partial charge in [-0.2, -0.15) is 0 Å². The minimum Gasteiger partial charge on any atom is -0.378 e. The number of nitrogens with zero attached hydrogens (tertiary/aromatic N) is 4. The van der Waals surface area contributed by atoms with Gasteiger partial charge in [0.05, 0.1) is 51.5 Å². The molecular formula is C24H27BrClN4O2S+. The fourth-order valence-corrected chi connectivity index (χ4v) is 10.1. The molecular weight excluding hydrogens is 524 g/mol. The van der Waals surface area contributed by atoms with Crippen LogP contribution < -0.4 is 9.80 Å². The number of amides is 2. The van der Waals surface area contributed by atoms with Crippen LogP contribution in [0.25, 0.3) is 5.57 Å². The van der Waals surface area contributed by atoms with Crippen molar-refractivity contribution in [3.63, 3.8) is 0 Å². The molecule has 1 aliphatic carbocycles. The van der Waals surface area contributed by atoms with Crippen LogP contribution in [-0.2, 0) is 17.7 Å². The van der Waals surface area contributed by atoms with Gasteiger partial charge in [0.1, 0.15) is 6.17 Å². The number of fused-ring (bicyclic) bond motifs is 5. The lowest BCUT2D eigenvalue weighted by Gasteiger charge is -2.36. The van der Waals surface area contributed by atoms with Crippen LogP contribution in [0.2, 0.25) is 5.02 Å². The van der Waals surface area contributed by atoms with Crippen molar-refractivity contribution in [1.29, 1.82) is 0 Å². The van der Waals surface area contributed by atoms with Crippen molar-refractivity contribution in [2.75, 3.05) is 55.7 Å². The highest BCUT2D eigenvalue weighted by atomic mass is 79.9. The van der Waals surface area contributed by atoms with Crippen molar-refractivity contribution in [2.45, 2.75) is 26.1 Å². The maximum absolute atomic E-state index is 13.6. The molecule has 0 spiro atoms. The Morgan fingerprint density at radius 2 is 1.94 bits per heavy atom. The first kappa shape index (κ1) is 21.8. The normalized spacial score (nSPS) is 22.7. The Hall–Kier alpha value is -1.74. The maximum atomic E-state index is 13.6. The number of carbonyl (C=O) groups is 1. The lowest BCUT2D eigenvalue weighted by Crippen LogP contribution is -2.54. The van der Waals surface area contributed by atoms with Crippen LogP contribution in [0.1, 0.15) is 22.9 Å². The third-order valence-corrected chi connectivity index (χ3v) is 11.2. The van der Waals surface area contributed by atoms with E-state index in [0.717, 1.165) is 43.3 Å². The Morgan fingerprint density at radius 1 is 1.15 bits per heavy atom. The van der Waals surface area contributed by atoms with Crippen molar-refractivity contribution in [1.82, 2.24) is 9.80 Å². The maximum Gasteiger partial charge on any atom is 0.321 e. The summed E-state index contributed by atoms with van der Waals surface area (Å²) in [5.41, 5.74) is 5.27. The number of carbonyl (C=O) groups excluding carboxylic acids is 1. The Bertz CT molecular complexity index is 1150. The van der Waals surface area contributed by atoms with Crippen molar-refractivity contribution < 1.29 is 9.53 Å². The van der Waals surface area contributed by atoms with E-state index in [2.05, 4.69) is 48.6 Å². The fraction of sp³-hybridized carbons (Fsp3) is 0.458. The minimum atomic E-state index is -0.158. The van der Waals surface area contributed by atoms with Crippen LogP contribution in [0.3, 0.4) is 0 Å². The number of morpholine rings is 1. The van der Waals surface area contributed by atoms with E-state index in [4.69, 9.17) is 16.3 Å². The molecule has 0 radical (unpaired) electrons. The van der Waals surface area contributed by atoms with Gasteiger partial charge in [0.25, 0.3) is 19.8 Å². The van der Waals surface area contributed by atoms with Gasteiger partial charge in [0.15, 0.2) is 4.88 Å². The molecule has 2 saturated heterocycles. The van der Waals surface area contributed by atoms with E-state index in [1.54, 1.807) is 0 Å². The Balaban J connectivity index is 1.44. The number of urea groups is 1. The molecule has 6 rings (SSSR count). The summed E-state index contributed by atoms with van der Waals surface area (Å²) in [4.78, 5) is 23.9. The van der Waals surface area contributed by atoms with Gasteiger partial charge in [0, 0.05) is 37.3 Å². The number of hydrogen-bond acceptors (Lipinski definition) is 4. The van der Waals surface area contributed by atoms with Gasteiger partial charge in [-0.25, -0.2) is 4.79 Å². The third-order valence-electron chi connectivity index (χ3n) is 7.23. The van der Waals surface area contributed by atoms with Crippen LogP contribution in [0.4, 0.5) is 15.5 Å². The monoisotopic (exact) mass is 549 g/mol. The van der Waals surface area contributed by atoms with Gasteiger partial charge in [-0.05, 0) is 25.5 Å². The molecule has 2 aromatic rings. The van der Waals surface area contributed by atoms with E-state index >= 15 is 0 Å². The molecule has 0 N–H and O–H groups in total. The zero-order chi connectivity index (χ0) is 22.7. The van der Waals surface area contributed by atoms with Crippen LogP contribution in [-0.4, -0.2) is 67.9 Å². The van der Waals surface area contributed by atoms with Gasteiger partial charge in [-0.3, -0.25) is 0 Å². The Labute approximate surface area is 209 Å². The summed E-state index contributed by atoms with van der Waals surface area (Å²) in [6.07, 6.45) is 3.30. The first-order valence-electron chi connectivity index (χ1n) is 11.5. The summed E-state index contributed by atoms with van der Waals surface area (Å²) in [5, 5.41) is 2.12. The molecule has 174 valence electrons. The molecule has 33 heavy (non-hydrogen) atoms. The smallest absolute Gasteiger partial charge is 0.321 e. The second-order valence-corrected chi connectivity index (χ2v) is 12.7. The quantitative estimate of drug-likeness (QED) is 0.462. The molecule has 1 aromatic carbocycles. The number of allylic oxidation sites excluding steroid dienone is 2. The van der Waals surface area contributed by atoms with Gasteiger partial charge in [-0.1, -0.05) is 29.8 Å². The van der Waals surface area contributed by atoms with Crippen LogP contribution in [0.5, 0.6) is 0 Å². The van der Waals surface area contributed by atoms with Crippen molar-refractivity contribution >= 4 is 57.6 Å². The van der Waals surface area contributed by atoms with Crippen LogP contribution in [0.15, 0.2) is 30.3 Å². The zero-order valence-electron chi connectivity index (χ0n) is 18.6. The van der Waals surface area contributed by atoms with Crippen molar-refractivity contribution in [3.8, 4) is 0 Å². The molecule has 0 bridgehead atoms. The van der Waals surface area contributed by atoms with E-state index in [0.29, 0.717) is 26.3 Å². The van der Waals surface area contributed by atoms with Gasteiger partial charge in [-0.15, -0.1) is 0 Å². The lowest BCUT2D eigenvalue weighted by atomic mass is 10.1. The van der Waals surface area contributed by atoms with E-state index in [1.807, 2.05) is 23.1 Å². The minimum absolute atomic E-state index is 0.0269. The summed E-state index contributed by atoms with van der Waals surface area (Å²) in [6, 6.07) is 8.19. The Kier molecular flexibility index (Phi) is 5.60. The molecule has 1 aromatic heterocycles. The molecule has 4 heterocycles. The second-order valence-electron chi connectivity index (χ2n) is 9.02. The molecule has 2 fully saturated rings. The predicted octanol–water partition coefficient (Wildman–Crippen LogP) is 5.13. The second kappa shape index (κ2) is 8.48. The largest absolute Gasteiger partial charge is 0.378 e. The topological polar surface area (TPSA) is 39.3 Å². The predicted molar refractivity (Wildman–Crippen MR) is 139 cm³/mol. The number of ether oxygens (including phenoxy) is 1. The summed E-state index contributed by atoms with van der Waals surface area (Å²) in [5.74, 6) is 0. The molecule has 9 heteroatoms. The number of benzene rings is 1. The van der Waals surface area contributed by atoms with E-state index < -0.39 is 0 Å².